The van der Waals surface area contributed by atoms with Gasteiger partial charge in [-0.1, -0.05) is 0 Å². The normalized spacial score (nSPS) is 12.8. The third-order valence-corrected chi connectivity index (χ3v) is 3.12. The van der Waals surface area contributed by atoms with E-state index in [0.717, 1.165) is 22.3 Å². The Morgan fingerprint density at radius 1 is 1.25 bits per heavy atom. The van der Waals surface area contributed by atoms with E-state index in [-0.39, 0.29) is 11.2 Å². The standard InChI is InChI=1S/C13H12ClFO/c1-8-5-11(15)6-9(2)12(8)13(14)10-3-4-16-7-10/h3-7,13H,1-2H3. The van der Waals surface area contributed by atoms with Gasteiger partial charge in [-0.05, 0) is 48.7 Å². The van der Waals surface area contributed by atoms with E-state index in [0.29, 0.717) is 0 Å². The van der Waals surface area contributed by atoms with Crippen molar-refractivity contribution in [3.05, 3.63) is 58.8 Å². The van der Waals surface area contributed by atoms with Crippen LogP contribution in [0.5, 0.6) is 0 Å². The second-order valence-corrected chi connectivity index (χ2v) is 4.31. The van der Waals surface area contributed by atoms with Crippen LogP contribution in [0.25, 0.3) is 0 Å². The Hall–Kier alpha value is -1.28. The zero-order chi connectivity index (χ0) is 11.7. The summed E-state index contributed by atoms with van der Waals surface area (Å²) in [5, 5.41) is -0.292. The van der Waals surface area contributed by atoms with Crippen molar-refractivity contribution >= 4 is 11.6 Å². The molecule has 0 aliphatic heterocycles. The molecule has 1 unspecified atom stereocenters. The number of hydrogen-bond acceptors (Lipinski definition) is 1. The topological polar surface area (TPSA) is 13.1 Å². The molecular weight excluding hydrogens is 227 g/mol. The van der Waals surface area contributed by atoms with Crippen LogP contribution in [0, 0.1) is 19.7 Å². The molecule has 16 heavy (non-hydrogen) atoms. The second-order valence-electron chi connectivity index (χ2n) is 3.87. The van der Waals surface area contributed by atoms with Gasteiger partial charge in [-0.25, -0.2) is 4.39 Å². The minimum absolute atomic E-state index is 0.227. The molecule has 1 atom stereocenters. The summed E-state index contributed by atoms with van der Waals surface area (Å²) in [6.45, 7) is 3.72. The quantitative estimate of drug-likeness (QED) is 0.709. The molecule has 0 amide bonds. The average Bonchev–Trinajstić information content (AvgIpc) is 2.67. The average molecular weight is 239 g/mol. The van der Waals surface area contributed by atoms with Crippen LogP contribution in [0.1, 0.15) is 27.6 Å². The molecule has 0 aliphatic rings. The van der Waals surface area contributed by atoms with E-state index < -0.39 is 0 Å². The molecule has 84 valence electrons. The number of alkyl halides is 1. The lowest BCUT2D eigenvalue weighted by molar-refractivity contribution is 0.564. The molecule has 3 heteroatoms. The predicted molar refractivity (Wildman–Crippen MR) is 62.3 cm³/mol. The molecule has 0 fully saturated rings. The number of halogens is 2. The van der Waals surface area contributed by atoms with Crippen molar-refractivity contribution < 1.29 is 8.81 Å². The number of furan rings is 1. The summed E-state index contributed by atoms with van der Waals surface area (Å²) in [6.07, 6.45) is 3.19. The summed E-state index contributed by atoms with van der Waals surface area (Å²) in [4.78, 5) is 0. The summed E-state index contributed by atoms with van der Waals surface area (Å²) < 4.78 is 18.2. The van der Waals surface area contributed by atoms with Crippen molar-refractivity contribution in [1.29, 1.82) is 0 Å². The fourth-order valence-corrected chi connectivity index (χ4v) is 2.38. The fourth-order valence-electron chi connectivity index (χ4n) is 1.91. The molecule has 2 aromatic rings. The molecule has 0 saturated carbocycles. The van der Waals surface area contributed by atoms with E-state index in [4.69, 9.17) is 16.0 Å². The van der Waals surface area contributed by atoms with Crippen molar-refractivity contribution in [1.82, 2.24) is 0 Å². The van der Waals surface area contributed by atoms with Crippen molar-refractivity contribution in [3.8, 4) is 0 Å². The maximum Gasteiger partial charge on any atom is 0.123 e. The van der Waals surface area contributed by atoms with Crippen molar-refractivity contribution in [2.75, 3.05) is 0 Å². The van der Waals surface area contributed by atoms with Crippen LogP contribution in [-0.2, 0) is 0 Å². The Balaban J connectivity index is 2.48. The number of aryl methyl sites for hydroxylation is 2. The van der Waals surface area contributed by atoms with Gasteiger partial charge < -0.3 is 4.42 Å². The Bertz CT molecular complexity index is 468. The first-order chi connectivity index (χ1) is 7.59. The van der Waals surface area contributed by atoms with Gasteiger partial charge in [-0.3, -0.25) is 0 Å². The molecule has 0 aliphatic carbocycles. The van der Waals surface area contributed by atoms with Gasteiger partial charge in [0.2, 0.25) is 0 Å². The zero-order valence-corrected chi connectivity index (χ0v) is 9.88. The number of rotatable bonds is 2. The summed E-state index contributed by atoms with van der Waals surface area (Å²) in [6, 6.07) is 4.81. The van der Waals surface area contributed by atoms with Crippen LogP contribution in [0.4, 0.5) is 4.39 Å². The minimum atomic E-state index is -0.292. The predicted octanol–water partition coefficient (Wildman–Crippen LogP) is 4.36. The third-order valence-electron chi connectivity index (χ3n) is 2.65. The van der Waals surface area contributed by atoms with E-state index in [1.54, 1.807) is 12.5 Å². The van der Waals surface area contributed by atoms with Gasteiger partial charge in [0.25, 0.3) is 0 Å². The minimum Gasteiger partial charge on any atom is -0.472 e. The first kappa shape index (κ1) is 11.2. The highest BCUT2D eigenvalue weighted by atomic mass is 35.5. The van der Waals surface area contributed by atoms with Gasteiger partial charge in [-0.2, -0.15) is 0 Å². The van der Waals surface area contributed by atoms with Gasteiger partial charge in [0.1, 0.15) is 5.82 Å². The Labute approximate surface area is 98.8 Å². The van der Waals surface area contributed by atoms with E-state index in [2.05, 4.69) is 0 Å². The molecule has 0 N–H and O–H groups in total. The van der Waals surface area contributed by atoms with Gasteiger partial charge in [-0.15, -0.1) is 11.6 Å². The fraction of sp³-hybridized carbons (Fsp3) is 0.231. The van der Waals surface area contributed by atoms with Gasteiger partial charge in [0.15, 0.2) is 0 Å². The molecule has 0 radical (unpaired) electrons. The largest absolute Gasteiger partial charge is 0.472 e. The summed E-state index contributed by atoms with van der Waals surface area (Å²) in [7, 11) is 0. The van der Waals surface area contributed by atoms with Crippen LogP contribution >= 0.6 is 11.6 Å². The van der Waals surface area contributed by atoms with Crippen molar-refractivity contribution in [2.45, 2.75) is 19.2 Å². The zero-order valence-electron chi connectivity index (χ0n) is 9.13. The lowest BCUT2D eigenvalue weighted by atomic mass is 9.97. The first-order valence-corrected chi connectivity index (χ1v) is 5.46. The van der Waals surface area contributed by atoms with Gasteiger partial charge >= 0.3 is 0 Å². The molecule has 1 heterocycles. The lowest BCUT2D eigenvalue weighted by Crippen LogP contribution is -1.99. The highest BCUT2D eigenvalue weighted by Crippen LogP contribution is 2.33. The van der Waals surface area contributed by atoms with E-state index in [1.165, 1.54) is 12.1 Å². The van der Waals surface area contributed by atoms with Crippen molar-refractivity contribution in [2.24, 2.45) is 0 Å². The Morgan fingerprint density at radius 2 is 1.88 bits per heavy atom. The maximum absolute atomic E-state index is 13.2. The molecule has 1 aromatic heterocycles. The smallest absolute Gasteiger partial charge is 0.123 e. The molecule has 1 aromatic carbocycles. The molecule has 0 bridgehead atoms. The van der Waals surface area contributed by atoms with Crippen LogP contribution in [0.2, 0.25) is 0 Å². The number of benzene rings is 1. The van der Waals surface area contributed by atoms with E-state index in [1.807, 2.05) is 19.9 Å². The second kappa shape index (κ2) is 4.30. The summed E-state index contributed by atoms with van der Waals surface area (Å²) in [5.74, 6) is -0.227. The monoisotopic (exact) mass is 238 g/mol. The summed E-state index contributed by atoms with van der Waals surface area (Å²) in [5.41, 5.74) is 3.56. The highest BCUT2D eigenvalue weighted by molar-refractivity contribution is 6.22. The van der Waals surface area contributed by atoms with E-state index in [9.17, 15) is 4.39 Å². The molecule has 2 rings (SSSR count). The van der Waals surface area contributed by atoms with Gasteiger partial charge in [0.05, 0.1) is 17.9 Å². The highest BCUT2D eigenvalue weighted by Gasteiger charge is 2.17. The van der Waals surface area contributed by atoms with E-state index >= 15 is 0 Å². The molecule has 0 saturated heterocycles. The maximum atomic E-state index is 13.2. The lowest BCUT2D eigenvalue weighted by Gasteiger charge is -2.14. The molecule has 1 nitrogen and oxygen atoms in total. The van der Waals surface area contributed by atoms with Crippen LogP contribution < -0.4 is 0 Å². The van der Waals surface area contributed by atoms with Crippen molar-refractivity contribution in [3.63, 3.8) is 0 Å². The van der Waals surface area contributed by atoms with Crippen LogP contribution in [0.3, 0.4) is 0 Å². The molecule has 0 spiro atoms. The number of hydrogen-bond donors (Lipinski definition) is 0. The first-order valence-electron chi connectivity index (χ1n) is 5.02. The Kier molecular flexibility index (Phi) is 3.01. The summed E-state index contributed by atoms with van der Waals surface area (Å²) >= 11 is 6.35. The molecular formula is C13H12ClFO. The van der Waals surface area contributed by atoms with Crippen LogP contribution in [-0.4, -0.2) is 0 Å². The Morgan fingerprint density at radius 3 is 2.38 bits per heavy atom. The van der Waals surface area contributed by atoms with Gasteiger partial charge in [0, 0.05) is 5.56 Å². The SMILES string of the molecule is Cc1cc(F)cc(C)c1C(Cl)c1ccoc1. The third kappa shape index (κ3) is 1.98. The van der Waals surface area contributed by atoms with Crippen LogP contribution in [0.15, 0.2) is 35.1 Å².